The Morgan fingerprint density at radius 1 is 1.25 bits per heavy atom. The number of hydrogen-bond acceptors (Lipinski definition) is 3. The van der Waals surface area contributed by atoms with Crippen molar-refractivity contribution in [3.63, 3.8) is 0 Å². The van der Waals surface area contributed by atoms with Crippen molar-refractivity contribution < 1.29 is 14.3 Å². The minimum Gasteiger partial charge on any atom is -0.497 e. The van der Waals surface area contributed by atoms with Crippen LogP contribution in [0.3, 0.4) is 0 Å². The van der Waals surface area contributed by atoms with Crippen molar-refractivity contribution in [3.8, 4) is 5.75 Å². The molecule has 0 aliphatic rings. The van der Waals surface area contributed by atoms with Gasteiger partial charge >= 0.3 is 5.97 Å². The molecule has 1 rings (SSSR count). The topological polar surface area (TPSA) is 35.5 Å². The fourth-order valence-corrected chi connectivity index (χ4v) is 2.08. The molecule has 0 atom stereocenters. The number of methoxy groups -OCH3 is 1. The van der Waals surface area contributed by atoms with Crippen molar-refractivity contribution in [3.05, 3.63) is 35.9 Å². The lowest BCUT2D eigenvalue weighted by molar-refractivity contribution is -0.137. The third kappa shape index (κ3) is 7.34. The van der Waals surface area contributed by atoms with E-state index < -0.39 is 0 Å². The predicted molar refractivity (Wildman–Crippen MR) is 85.2 cm³/mol. The van der Waals surface area contributed by atoms with Gasteiger partial charge < -0.3 is 9.47 Å². The Bertz CT molecular complexity index is 429. The van der Waals surface area contributed by atoms with E-state index in [0.717, 1.165) is 29.5 Å². The summed E-state index contributed by atoms with van der Waals surface area (Å²) in [4.78, 5) is 11.5. The molecule has 20 heavy (non-hydrogen) atoms. The highest BCUT2D eigenvalue weighted by atomic mass is 79.9. The number of alkyl halides is 1. The number of carbonyl (C=O) groups is 1. The molecule has 0 N–H and O–H groups in total. The van der Waals surface area contributed by atoms with Crippen molar-refractivity contribution in [2.75, 3.05) is 19.0 Å². The standard InChI is InChI=1S/C16H21BrO3/c1-19-15-8-6-7-14(13-15)9-10-16(18)20-12-5-3-2-4-11-17/h6-10,13H,2-5,11-12H2,1H3. The van der Waals surface area contributed by atoms with Gasteiger partial charge in [-0.1, -0.05) is 40.9 Å². The second-order valence-corrected chi connectivity index (χ2v) is 5.17. The molecular weight excluding hydrogens is 320 g/mol. The maximum atomic E-state index is 11.5. The maximum Gasteiger partial charge on any atom is 0.330 e. The first-order chi connectivity index (χ1) is 9.76. The van der Waals surface area contributed by atoms with Gasteiger partial charge in [0.1, 0.15) is 5.75 Å². The largest absolute Gasteiger partial charge is 0.497 e. The molecule has 0 bridgehead atoms. The molecule has 0 heterocycles. The van der Waals surface area contributed by atoms with E-state index >= 15 is 0 Å². The van der Waals surface area contributed by atoms with E-state index in [1.165, 1.54) is 18.9 Å². The molecule has 0 aromatic heterocycles. The van der Waals surface area contributed by atoms with Gasteiger partial charge in [0.25, 0.3) is 0 Å². The number of esters is 1. The number of ether oxygens (including phenoxy) is 2. The molecule has 0 unspecified atom stereocenters. The Hall–Kier alpha value is -1.29. The van der Waals surface area contributed by atoms with Crippen LogP contribution in [0.25, 0.3) is 6.08 Å². The summed E-state index contributed by atoms with van der Waals surface area (Å²) in [7, 11) is 1.62. The molecule has 0 aliphatic carbocycles. The molecule has 0 radical (unpaired) electrons. The zero-order valence-corrected chi connectivity index (χ0v) is 13.4. The number of halogens is 1. The van der Waals surface area contributed by atoms with Gasteiger partial charge in [-0.05, 0) is 36.6 Å². The first-order valence-corrected chi connectivity index (χ1v) is 7.93. The van der Waals surface area contributed by atoms with E-state index in [1.807, 2.05) is 24.3 Å². The Balaban J connectivity index is 2.25. The second kappa shape index (κ2) is 10.5. The number of carbonyl (C=O) groups excluding carboxylic acids is 1. The van der Waals surface area contributed by atoms with Crippen molar-refractivity contribution >= 4 is 28.0 Å². The highest BCUT2D eigenvalue weighted by Gasteiger charge is 1.98. The van der Waals surface area contributed by atoms with Gasteiger partial charge in [0, 0.05) is 11.4 Å². The average Bonchev–Trinajstić information content (AvgIpc) is 2.49. The van der Waals surface area contributed by atoms with Crippen molar-refractivity contribution in [1.29, 1.82) is 0 Å². The zero-order chi connectivity index (χ0) is 14.6. The summed E-state index contributed by atoms with van der Waals surface area (Å²) in [6.07, 6.45) is 7.54. The van der Waals surface area contributed by atoms with Gasteiger partial charge in [-0.15, -0.1) is 0 Å². The Morgan fingerprint density at radius 3 is 2.80 bits per heavy atom. The van der Waals surface area contributed by atoms with Crippen LogP contribution in [0.4, 0.5) is 0 Å². The third-order valence-electron chi connectivity index (χ3n) is 2.78. The first-order valence-electron chi connectivity index (χ1n) is 6.81. The second-order valence-electron chi connectivity index (χ2n) is 4.38. The van der Waals surface area contributed by atoms with Crippen molar-refractivity contribution in [1.82, 2.24) is 0 Å². The lowest BCUT2D eigenvalue weighted by Crippen LogP contribution is -2.02. The zero-order valence-electron chi connectivity index (χ0n) is 11.8. The highest BCUT2D eigenvalue weighted by Crippen LogP contribution is 2.13. The molecule has 1 aromatic rings. The summed E-state index contributed by atoms with van der Waals surface area (Å²) in [5.74, 6) is 0.473. The summed E-state index contributed by atoms with van der Waals surface area (Å²) in [6.45, 7) is 0.490. The van der Waals surface area contributed by atoms with Crippen LogP contribution in [0.1, 0.15) is 31.2 Å². The Kier molecular flexibility index (Phi) is 8.79. The van der Waals surface area contributed by atoms with Crippen LogP contribution >= 0.6 is 15.9 Å². The number of benzene rings is 1. The molecule has 4 heteroatoms. The molecule has 0 amide bonds. The molecule has 0 fully saturated rings. The minimum atomic E-state index is -0.298. The lowest BCUT2D eigenvalue weighted by atomic mass is 10.2. The number of hydrogen-bond donors (Lipinski definition) is 0. The van der Waals surface area contributed by atoms with Crippen molar-refractivity contribution in [2.24, 2.45) is 0 Å². The fourth-order valence-electron chi connectivity index (χ4n) is 1.68. The van der Waals surface area contributed by atoms with Gasteiger partial charge in [-0.2, -0.15) is 0 Å². The molecule has 0 aliphatic heterocycles. The number of unbranched alkanes of at least 4 members (excludes halogenated alkanes) is 3. The molecule has 0 saturated heterocycles. The van der Waals surface area contributed by atoms with Crippen LogP contribution in [-0.4, -0.2) is 25.0 Å². The van der Waals surface area contributed by atoms with Gasteiger partial charge in [-0.25, -0.2) is 4.79 Å². The summed E-state index contributed by atoms with van der Waals surface area (Å²) in [5, 5.41) is 1.04. The predicted octanol–water partition coefficient (Wildman–Crippen LogP) is 4.21. The van der Waals surface area contributed by atoms with Gasteiger partial charge in [0.2, 0.25) is 0 Å². The fraction of sp³-hybridized carbons (Fsp3) is 0.438. The van der Waals surface area contributed by atoms with Gasteiger partial charge in [-0.3, -0.25) is 0 Å². The van der Waals surface area contributed by atoms with Crippen LogP contribution in [0.5, 0.6) is 5.75 Å². The third-order valence-corrected chi connectivity index (χ3v) is 3.34. The molecule has 1 aromatic carbocycles. The molecule has 3 nitrogen and oxygen atoms in total. The quantitative estimate of drug-likeness (QED) is 0.292. The Morgan fingerprint density at radius 2 is 2.05 bits per heavy atom. The summed E-state index contributed by atoms with van der Waals surface area (Å²) in [5.41, 5.74) is 0.915. The smallest absolute Gasteiger partial charge is 0.330 e. The van der Waals surface area contributed by atoms with E-state index in [0.29, 0.717) is 6.61 Å². The van der Waals surface area contributed by atoms with Gasteiger partial charge in [0.05, 0.1) is 13.7 Å². The average molecular weight is 341 g/mol. The maximum absolute atomic E-state index is 11.5. The summed E-state index contributed by atoms with van der Waals surface area (Å²) >= 11 is 3.39. The van der Waals surface area contributed by atoms with E-state index in [9.17, 15) is 4.79 Å². The first kappa shape index (κ1) is 16.8. The van der Waals surface area contributed by atoms with E-state index in [1.54, 1.807) is 13.2 Å². The van der Waals surface area contributed by atoms with E-state index in [-0.39, 0.29) is 5.97 Å². The van der Waals surface area contributed by atoms with Gasteiger partial charge in [0.15, 0.2) is 0 Å². The summed E-state index contributed by atoms with van der Waals surface area (Å²) in [6, 6.07) is 7.52. The van der Waals surface area contributed by atoms with E-state index in [2.05, 4.69) is 15.9 Å². The molecular formula is C16H21BrO3. The van der Waals surface area contributed by atoms with E-state index in [4.69, 9.17) is 9.47 Å². The van der Waals surface area contributed by atoms with Crippen LogP contribution < -0.4 is 4.74 Å². The monoisotopic (exact) mass is 340 g/mol. The van der Waals surface area contributed by atoms with Crippen LogP contribution in [0, 0.1) is 0 Å². The molecule has 0 spiro atoms. The SMILES string of the molecule is COc1cccc(C=CC(=O)OCCCCCCBr)c1. The molecule has 0 saturated carbocycles. The Labute approximate surface area is 129 Å². The van der Waals surface area contributed by atoms with Crippen molar-refractivity contribution in [2.45, 2.75) is 25.7 Å². The van der Waals surface area contributed by atoms with Crippen LogP contribution in [-0.2, 0) is 9.53 Å². The lowest BCUT2D eigenvalue weighted by Gasteiger charge is -2.02. The summed E-state index contributed by atoms with van der Waals surface area (Å²) < 4.78 is 10.3. The highest BCUT2D eigenvalue weighted by molar-refractivity contribution is 9.09. The normalized spacial score (nSPS) is 10.7. The van der Waals surface area contributed by atoms with Crippen LogP contribution in [0.2, 0.25) is 0 Å². The molecule has 110 valence electrons. The minimum absolute atomic E-state index is 0.298. The number of rotatable bonds is 9. The van der Waals surface area contributed by atoms with Crippen LogP contribution in [0.15, 0.2) is 30.3 Å².